The van der Waals surface area contributed by atoms with E-state index < -0.39 is 0 Å². The maximum absolute atomic E-state index is 5.93. The third-order valence-electron chi connectivity index (χ3n) is 2.25. The van der Waals surface area contributed by atoms with Crippen molar-refractivity contribution in [2.24, 2.45) is 0 Å². The minimum Gasteiger partial charge on any atom is -0.396 e. The van der Waals surface area contributed by atoms with Gasteiger partial charge in [0.15, 0.2) is 0 Å². The number of hydrogen-bond donors (Lipinski definition) is 2. The van der Waals surface area contributed by atoms with Gasteiger partial charge in [0.2, 0.25) is 0 Å². The second kappa shape index (κ2) is 4.20. The van der Waals surface area contributed by atoms with E-state index in [1.165, 1.54) is 6.20 Å². The van der Waals surface area contributed by atoms with E-state index in [0.717, 1.165) is 11.1 Å². The third kappa shape index (κ3) is 1.92. The molecular weight excluding hydrogens is 245 g/mol. The van der Waals surface area contributed by atoms with Crippen molar-refractivity contribution in [1.82, 2.24) is 4.98 Å². The molecule has 0 radical (unpaired) electrons. The zero-order valence-corrected chi connectivity index (χ0v) is 9.76. The lowest BCUT2D eigenvalue weighted by molar-refractivity contribution is 1.33. The molecule has 0 amide bonds. The van der Waals surface area contributed by atoms with Crippen LogP contribution < -0.4 is 11.5 Å². The molecule has 2 aromatic rings. The highest BCUT2D eigenvalue weighted by Gasteiger charge is 2.07. The average Bonchev–Trinajstić information content (AvgIpc) is 2.26. The summed E-state index contributed by atoms with van der Waals surface area (Å²) in [4.78, 5) is 3.99. The summed E-state index contributed by atoms with van der Waals surface area (Å²) in [6, 6.07) is 5.26. The summed E-state index contributed by atoms with van der Waals surface area (Å²) in [5.41, 5.74) is 14.1. The zero-order chi connectivity index (χ0) is 11.7. The Labute approximate surface area is 103 Å². The van der Waals surface area contributed by atoms with Crippen LogP contribution in [-0.4, -0.2) is 4.98 Å². The van der Waals surface area contributed by atoms with Crippen LogP contribution in [0.2, 0.25) is 10.0 Å². The maximum atomic E-state index is 5.93. The van der Waals surface area contributed by atoms with Crippen LogP contribution in [0.25, 0.3) is 11.1 Å². The number of pyridine rings is 1. The largest absolute Gasteiger partial charge is 0.396 e. The molecule has 0 fully saturated rings. The molecule has 0 bridgehead atoms. The number of aromatic nitrogens is 1. The van der Waals surface area contributed by atoms with Crippen LogP contribution in [0.3, 0.4) is 0 Å². The Bertz CT molecular complexity index is 541. The van der Waals surface area contributed by atoms with Crippen molar-refractivity contribution in [3.63, 3.8) is 0 Å². The van der Waals surface area contributed by atoms with Crippen LogP contribution in [0.15, 0.2) is 30.6 Å². The summed E-state index contributed by atoms with van der Waals surface area (Å²) >= 11 is 11.8. The van der Waals surface area contributed by atoms with E-state index in [1.807, 2.05) is 6.07 Å². The Morgan fingerprint density at radius 1 is 1.00 bits per heavy atom. The fraction of sp³-hybridized carbons (Fsp3) is 0. The fourth-order valence-electron chi connectivity index (χ4n) is 1.38. The van der Waals surface area contributed by atoms with Gasteiger partial charge in [-0.05, 0) is 17.7 Å². The van der Waals surface area contributed by atoms with Crippen molar-refractivity contribution < 1.29 is 0 Å². The van der Waals surface area contributed by atoms with Crippen LogP contribution in [0.5, 0.6) is 0 Å². The van der Waals surface area contributed by atoms with E-state index >= 15 is 0 Å². The summed E-state index contributed by atoms with van der Waals surface area (Å²) < 4.78 is 0. The molecule has 0 saturated heterocycles. The molecule has 1 aromatic heterocycles. The standard InChI is InChI=1S/C11H9Cl2N3/c12-8-2-1-6(3-9(8)13)7-4-16-5-10(14)11(7)15/h1-5H,14H2,(H2,15,16). The quantitative estimate of drug-likeness (QED) is 0.821. The Hall–Kier alpha value is -1.45. The molecule has 1 aromatic carbocycles. The first-order valence-corrected chi connectivity index (χ1v) is 5.29. The SMILES string of the molecule is Nc1cncc(-c2ccc(Cl)c(Cl)c2)c1N. The summed E-state index contributed by atoms with van der Waals surface area (Å²) in [6.07, 6.45) is 3.15. The normalized spacial score (nSPS) is 10.4. The molecule has 0 aliphatic carbocycles. The van der Waals surface area contributed by atoms with Gasteiger partial charge in [0, 0.05) is 11.8 Å². The van der Waals surface area contributed by atoms with Gasteiger partial charge in [0.25, 0.3) is 0 Å². The molecule has 3 nitrogen and oxygen atoms in total. The highest BCUT2D eigenvalue weighted by Crippen LogP contribution is 2.32. The number of nitrogen functional groups attached to an aromatic ring is 2. The highest BCUT2D eigenvalue weighted by molar-refractivity contribution is 6.42. The van der Waals surface area contributed by atoms with Gasteiger partial charge in [-0.15, -0.1) is 0 Å². The van der Waals surface area contributed by atoms with E-state index in [1.54, 1.807) is 18.3 Å². The first-order chi connectivity index (χ1) is 7.59. The van der Waals surface area contributed by atoms with Crippen LogP contribution in [0.1, 0.15) is 0 Å². The number of rotatable bonds is 1. The van der Waals surface area contributed by atoms with E-state index in [9.17, 15) is 0 Å². The summed E-state index contributed by atoms with van der Waals surface area (Å²) in [5.74, 6) is 0. The van der Waals surface area contributed by atoms with Crippen molar-refractivity contribution in [3.05, 3.63) is 40.6 Å². The second-order valence-electron chi connectivity index (χ2n) is 3.32. The molecule has 4 N–H and O–H groups in total. The predicted octanol–water partition coefficient (Wildman–Crippen LogP) is 3.22. The molecule has 5 heteroatoms. The van der Waals surface area contributed by atoms with Crippen LogP contribution >= 0.6 is 23.2 Å². The molecule has 0 aliphatic heterocycles. The van der Waals surface area contributed by atoms with Gasteiger partial charge in [-0.2, -0.15) is 0 Å². The number of benzene rings is 1. The summed E-state index contributed by atoms with van der Waals surface area (Å²) in [7, 11) is 0. The molecule has 82 valence electrons. The molecule has 2 rings (SSSR count). The van der Waals surface area contributed by atoms with Crippen molar-refractivity contribution in [2.75, 3.05) is 11.5 Å². The van der Waals surface area contributed by atoms with Gasteiger partial charge in [-0.3, -0.25) is 4.98 Å². The number of nitrogens with two attached hydrogens (primary N) is 2. The van der Waals surface area contributed by atoms with Crippen LogP contribution in [0.4, 0.5) is 11.4 Å². The molecule has 0 saturated carbocycles. The van der Waals surface area contributed by atoms with Crippen molar-refractivity contribution in [1.29, 1.82) is 0 Å². The first kappa shape index (κ1) is 11.0. The lowest BCUT2D eigenvalue weighted by atomic mass is 10.1. The van der Waals surface area contributed by atoms with Gasteiger partial charge in [-0.25, -0.2) is 0 Å². The lowest BCUT2D eigenvalue weighted by Crippen LogP contribution is -1.98. The van der Waals surface area contributed by atoms with Gasteiger partial charge >= 0.3 is 0 Å². The topological polar surface area (TPSA) is 64.9 Å². The molecule has 16 heavy (non-hydrogen) atoms. The molecule has 0 unspecified atom stereocenters. The number of anilines is 2. The summed E-state index contributed by atoms with van der Waals surface area (Å²) in [5, 5.41) is 0.974. The molecule has 1 heterocycles. The Kier molecular flexibility index (Phi) is 2.90. The Balaban J connectivity index is 2.59. The molecule has 0 spiro atoms. The van der Waals surface area contributed by atoms with Gasteiger partial charge in [0.05, 0.1) is 27.6 Å². The van der Waals surface area contributed by atoms with Gasteiger partial charge < -0.3 is 11.5 Å². The van der Waals surface area contributed by atoms with Crippen LogP contribution in [-0.2, 0) is 0 Å². The first-order valence-electron chi connectivity index (χ1n) is 4.54. The average molecular weight is 254 g/mol. The Morgan fingerprint density at radius 2 is 1.75 bits per heavy atom. The third-order valence-corrected chi connectivity index (χ3v) is 2.99. The maximum Gasteiger partial charge on any atom is 0.0740 e. The molecular formula is C11H9Cl2N3. The van der Waals surface area contributed by atoms with Crippen molar-refractivity contribution >= 4 is 34.6 Å². The summed E-state index contributed by atoms with van der Waals surface area (Å²) in [6.45, 7) is 0. The Morgan fingerprint density at radius 3 is 2.44 bits per heavy atom. The van der Waals surface area contributed by atoms with Crippen molar-refractivity contribution in [3.8, 4) is 11.1 Å². The number of nitrogens with zero attached hydrogens (tertiary/aromatic N) is 1. The smallest absolute Gasteiger partial charge is 0.0740 e. The van der Waals surface area contributed by atoms with Gasteiger partial charge in [0.1, 0.15) is 0 Å². The number of hydrogen-bond acceptors (Lipinski definition) is 3. The monoisotopic (exact) mass is 253 g/mol. The predicted molar refractivity (Wildman–Crippen MR) is 68.5 cm³/mol. The van der Waals surface area contributed by atoms with Gasteiger partial charge in [-0.1, -0.05) is 29.3 Å². The molecule has 0 aliphatic rings. The van der Waals surface area contributed by atoms with E-state index in [-0.39, 0.29) is 0 Å². The minimum atomic E-state index is 0.448. The molecule has 0 atom stereocenters. The fourth-order valence-corrected chi connectivity index (χ4v) is 1.68. The second-order valence-corrected chi connectivity index (χ2v) is 4.13. The van der Waals surface area contributed by atoms with E-state index in [0.29, 0.717) is 21.4 Å². The number of halogens is 2. The van der Waals surface area contributed by atoms with Crippen molar-refractivity contribution in [2.45, 2.75) is 0 Å². The highest BCUT2D eigenvalue weighted by atomic mass is 35.5. The zero-order valence-electron chi connectivity index (χ0n) is 8.24. The van der Waals surface area contributed by atoms with Crippen LogP contribution in [0, 0.1) is 0 Å². The lowest BCUT2D eigenvalue weighted by Gasteiger charge is -2.08. The minimum absolute atomic E-state index is 0.448. The van der Waals surface area contributed by atoms with E-state index in [2.05, 4.69) is 4.98 Å². The van der Waals surface area contributed by atoms with E-state index in [4.69, 9.17) is 34.7 Å².